The van der Waals surface area contributed by atoms with Crippen LogP contribution < -0.4 is 5.32 Å². The highest BCUT2D eigenvalue weighted by molar-refractivity contribution is 5.96. The average molecular weight is 384 g/mol. The molecule has 2 amide bonds. The average Bonchev–Trinajstić information content (AvgIpc) is 2.69. The predicted octanol–water partition coefficient (Wildman–Crippen LogP) is 3.50. The SMILES string of the molecule is CC1CN(C(=O)c2ccc(NC(=O)C(C)Cc3ccccc3F)cc2)CCO1. The number of morpholine rings is 1. The lowest BCUT2D eigenvalue weighted by molar-refractivity contribution is -0.119. The molecule has 3 rings (SSSR count). The maximum atomic E-state index is 13.8. The summed E-state index contributed by atoms with van der Waals surface area (Å²) in [4.78, 5) is 26.8. The van der Waals surface area contributed by atoms with Crippen LogP contribution in [0.3, 0.4) is 0 Å². The summed E-state index contributed by atoms with van der Waals surface area (Å²) >= 11 is 0. The Morgan fingerprint density at radius 1 is 1.21 bits per heavy atom. The highest BCUT2D eigenvalue weighted by atomic mass is 19.1. The molecule has 5 nitrogen and oxygen atoms in total. The minimum absolute atomic E-state index is 0.0344. The molecule has 1 heterocycles. The molecule has 1 fully saturated rings. The Morgan fingerprint density at radius 3 is 2.61 bits per heavy atom. The molecule has 2 aromatic carbocycles. The van der Waals surface area contributed by atoms with Gasteiger partial charge in [0.25, 0.3) is 5.91 Å². The van der Waals surface area contributed by atoms with Crippen LogP contribution in [0.5, 0.6) is 0 Å². The molecule has 148 valence electrons. The number of benzene rings is 2. The fourth-order valence-electron chi connectivity index (χ4n) is 3.23. The molecule has 0 spiro atoms. The van der Waals surface area contributed by atoms with Crippen molar-refractivity contribution in [2.24, 2.45) is 5.92 Å². The van der Waals surface area contributed by atoms with Crippen molar-refractivity contribution in [2.45, 2.75) is 26.4 Å². The molecule has 1 aliphatic heterocycles. The molecule has 1 saturated heterocycles. The first-order valence-electron chi connectivity index (χ1n) is 9.49. The van der Waals surface area contributed by atoms with Crippen LogP contribution in [0.2, 0.25) is 0 Å². The van der Waals surface area contributed by atoms with Crippen molar-refractivity contribution in [1.82, 2.24) is 4.90 Å². The van der Waals surface area contributed by atoms with Crippen LogP contribution in [-0.4, -0.2) is 42.5 Å². The van der Waals surface area contributed by atoms with Gasteiger partial charge in [0, 0.05) is 30.3 Å². The molecule has 1 aliphatic rings. The first-order valence-corrected chi connectivity index (χ1v) is 9.49. The van der Waals surface area contributed by atoms with Crippen LogP contribution in [-0.2, 0) is 16.0 Å². The summed E-state index contributed by atoms with van der Waals surface area (Å²) in [7, 11) is 0. The van der Waals surface area contributed by atoms with Crippen molar-refractivity contribution >= 4 is 17.5 Å². The van der Waals surface area contributed by atoms with Gasteiger partial charge in [-0.3, -0.25) is 9.59 Å². The second kappa shape index (κ2) is 8.97. The van der Waals surface area contributed by atoms with Gasteiger partial charge in [0.1, 0.15) is 5.82 Å². The monoisotopic (exact) mass is 384 g/mol. The molecule has 2 aromatic rings. The Balaban J connectivity index is 1.58. The summed E-state index contributed by atoms with van der Waals surface area (Å²) < 4.78 is 19.2. The Hall–Kier alpha value is -2.73. The number of amides is 2. The zero-order valence-corrected chi connectivity index (χ0v) is 16.2. The minimum atomic E-state index is -0.381. The highest BCUT2D eigenvalue weighted by Gasteiger charge is 2.22. The fourth-order valence-corrected chi connectivity index (χ4v) is 3.23. The number of nitrogens with one attached hydrogen (secondary N) is 1. The molecule has 1 N–H and O–H groups in total. The van der Waals surface area contributed by atoms with Gasteiger partial charge in [-0.05, 0) is 49.2 Å². The number of nitrogens with zero attached hydrogens (tertiary/aromatic N) is 1. The summed E-state index contributed by atoms with van der Waals surface area (Å²) in [6, 6.07) is 13.3. The third kappa shape index (κ3) is 4.95. The first kappa shape index (κ1) is 20.0. The van der Waals surface area contributed by atoms with Crippen LogP contribution >= 0.6 is 0 Å². The van der Waals surface area contributed by atoms with E-state index in [-0.39, 0.29) is 29.7 Å². The van der Waals surface area contributed by atoms with E-state index in [0.717, 1.165) is 0 Å². The van der Waals surface area contributed by atoms with Gasteiger partial charge < -0.3 is 15.0 Å². The zero-order valence-electron chi connectivity index (χ0n) is 16.2. The zero-order chi connectivity index (χ0) is 20.1. The number of hydrogen-bond donors (Lipinski definition) is 1. The number of halogens is 1. The van der Waals surface area contributed by atoms with Crippen molar-refractivity contribution in [3.63, 3.8) is 0 Å². The van der Waals surface area contributed by atoms with Gasteiger partial charge in [0.2, 0.25) is 5.91 Å². The smallest absolute Gasteiger partial charge is 0.254 e. The van der Waals surface area contributed by atoms with Gasteiger partial charge in [-0.25, -0.2) is 4.39 Å². The van der Waals surface area contributed by atoms with Crippen molar-refractivity contribution < 1.29 is 18.7 Å². The summed E-state index contributed by atoms with van der Waals surface area (Å²) in [5.74, 6) is -0.916. The van der Waals surface area contributed by atoms with Gasteiger partial charge in [-0.15, -0.1) is 0 Å². The molecular weight excluding hydrogens is 359 g/mol. The minimum Gasteiger partial charge on any atom is -0.375 e. The topological polar surface area (TPSA) is 58.6 Å². The van der Waals surface area contributed by atoms with Crippen LogP contribution in [0.1, 0.15) is 29.8 Å². The Bertz CT molecular complexity index is 838. The Labute approximate surface area is 164 Å². The lowest BCUT2D eigenvalue weighted by atomic mass is 10.00. The quantitative estimate of drug-likeness (QED) is 0.858. The molecule has 0 aromatic heterocycles. The van der Waals surface area contributed by atoms with E-state index >= 15 is 0 Å². The molecule has 0 saturated carbocycles. The summed E-state index contributed by atoms with van der Waals surface area (Å²) in [5, 5.41) is 2.83. The first-order chi connectivity index (χ1) is 13.4. The molecule has 28 heavy (non-hydrogen) atoms. The molecule has 2 unspecified atom stereocenters. The van der Waals surface area contributed by atoms with Crippen LogP contribution in [0.25, 0.3) is 0 Å². The summed E-state index contributed by atoms with van der Waals surface area (Å²) in [6.07, 6.45) is 0.358. The molecule has 0 bridgehead atoms. The van der Waals surface area contributed by atoms with Gasteiger partial charge in [0.15, 0.2) is 0 Å². The largest absolute Gasteiger partial charge is 0.375 e. The van der Waals surface area contributed by atoms with Gasteiger partial charge in [-0.2, -0.15) is 0 Å². The lowest BCUT2D eigenvalue weighted by Gasteiger charge is -2.31. The molecular formula is C22H25FN2O3. The number of ether oxygens (including phenoxy) is 1. The van der Waals surface area contributed by atoms with Gasteiger partial charge in [0.05, 0.1) is 12.7 Å². The van der Waals surface area contributed by atoms with E-state index in [9.17, 15) is 14.0 Å². The number of rotatable bonds is 5. The Kier molecular flexibility index (Phi) is 6.41. The highest BCUT2D eigenvalue weighted by Crippen LogP contribution is 2.17. The Morgan fingerprint density at radius 2 is 1.93 bits per heavy atom. The van der Waals surface area contributed by atoms with Crippen LogP contribution in [0.4, 0.5) is 10.1 Å². The molecule has 6 heteroatoms. The third-order valence-corrected chi connectivity index (χ3v) is 4.86. The van der Waals surface area contributed by atoms with E-state index in [4.69, 9.17) is 4.74 Å². The fraction of sp³-hybridized carbons (Fsp3) is 0.364. The van der Waals surface area contributed by atoms with E-state index < -0.39 is 0 Å². The normalized spacial score (nSPS) is 17.8. The number of carbonyl (C=O) groups excluding carboxylic acids is 2. The van der Waals surface area contributed by atoms with Crippen molar-refractivity contribution in [1.29, 1.82) is 0 Å². The maximum absolute atomic E-state index is 13.8. The van der Waals surface area contributed by atoms with E-state index in [0.29, 0.717) is 42.9 Å². The second-order valence-electron chi connectivity index (χ2n) is 7.20. The van der Waals surface area contributed by atoms with E-state index in [1.54, 1.807) is 54.3 Å². The summed E-state index contributed by atoms with van der Waals surface area (Å²) in [6.45, 7) is 5.40. The second-order valence-corrected chi connectivity index (χ2v) is 7.20. The number of carbonyl (C=O) groups is 2. The molecule has 0 radical (unpaired) electrons. The number of hydrogen-bond acceptors (Lipinski definition) is 3. The third-order valence-electron chi connectivity index (χ3n) is 4.86. The van der Waals surface area contributed by atoms with E-state index in [1.165, 1.54) is 6.07 Å². The molecule has 0 aliphatic carbocycles. The summed E-state index contributed by atoms with van der Waals surface area (Å²) in [5.41, 5.74) is 1.70. The van der Waals surface area contributed by atoms with E-state index in [1.807, 2.05) is 6.92 Å². The molecule has 2 atom stereocenters. The van der Waals surface area contributed by atoms with Crippen molar-refractivity contribution in [2.75, 3.05) is 25.0 Å². The van der Waals surface area contributed by atoms with E-state index in [2.05, 4.69) is 5.32 Å². The standard InChI is InChI=1S/C22H25FN2O3/c1-15(13-18-5-3-4-6-20(18)23)21(26)24-19-9-7-17(8-10-19)22(27)25-11-12-28-16(2)14-25/h3-10,15-16H,11-14H2,1-2H3,(H,24,26). The maximum Gasteiger partial charge on any atom is 0.254 e. The van der Waals surface area contributed by atoms with Crippen molar-refractivity contribution in [3.8, 4) is 0 Å². The van der Waals surface area contributed by atoms with Crippen molar-refractivity contribution in [3.05, 3.63) is 65.5 Å². The van der Waals surface area contributed by atoms with Gasteiger partial charge >= 0.3 is 0 Å². The predicted molar refractivity (Wildman–Crippen MR) is 106 cm³/mol. The lowest BCUT2D eigenvalue weighted by Crippen LogP contribution is -2.44. The van der Waals surface area contributed by atoms with Crippen LogP contribution in [0, 0.1) is 11.7 Å². The van der Waals surface area contributed by atoms with Gasteiger partial charge in [-0.1, -0.05) is 25.1 Å². The number of anilines is 1. The van der Waals surface area contributed by atoms with Crippen LogP contribution in [0.15, 0.2) is 48.5 Å².